The number of rotatable bonds is 5. The minimum Gasteiger partial charge on any atom is -0.467 e. The molecule has 0 aliphatic rings. The maximum atomic E-state index is 12.5. The van der Waals surface area contributed by atoms with E-state index in [2.05, 4.69) is 10.3 Å². The third-order valence-corrected chi connectivity index (χ3v) is 3.47. The maximum Gasteiger partial charge on any atom is 0.276 e. The minimum absolute atomic E-state index is 0.155. The average Bonchev–Trinajstić information content (AvgIpc) is 3.13. The molecule has 1 amide bonds. The van der Waals surface area contributed by atoms with Crippen molar-refractivity contribution in [2.24, 2.45) is 0 Å². The van der Waals surface area contributed by atoms with Gasteiger partial charge in [-0.25, -0.2) is 0 Å². The summed E-state index contributed by atoms with van der Waals surface area (Å²) in [5.74, 6) is 0.675. The van der Waals surface area contributed by atoms with Gasteiger partial charge in [0.1, 0.15) is 11.5 Å². The molecule has 5 heteroatoms. The Morgan fingerprint density at radius 2 is 2.00 bits per heavy atom. The zero-order valence-electron chi connectivity index (χ0n) is 12.8. The molecule has 0 saturated heterocycles. The summed E-state index contributed by atoms with van der Waals surface area (Å²) in [6.07, 6.45) is 3.25. The van der Waals surface area contributed by atoms with Crippen LogP contribution >= 0.6 is 0 Å². The van der Waals surface area contributed by atoms with Gasteiger partial charge in [0.2, 0.25) is 0 Å². The van der Waals surface area contributed by atoms with Crippen molar-refractivity contribution in [2.45, 2.75) is 6.54 Å². The Morgan fingerprint density at radius 3 is 2.74 bits per heavy atom. The number of anilines is 2. The van der Waals surface area contributed by atoms with Gasteiger partial charge in [0.25, 0.3) is 5.91 Å². The van der Waals surface area contributed by atoms with E-state index in [0.29, 0.717) is 12.2 Å². The number of carbonyl (C=O) groups excluding carboxylic acids is 1. The molecule has 2 heterocycles. The standard InChI is InChI=1S/C18H17N3O2/c1-21(15-6-3-2-4-7-15)18(22)17-12-14(9-10-19-17)20-13-16-8-5-11-23-16/h2-12H,13H2,1H3,(H,19,20). The van der Waals surface area contributed by atoms with E-state index in [1.807, 2.05) is 48.5 Å². The fourth-order valence-electron chi connectivity index (χ4n) is 2.20. The molecule has 1 N–H and O–H groups in total. The molecule has 0 unspecified atom stereocenters. The molecule has 0 atom stereocenters. The monoisotopic (exact) mass is 307 g/mol. The maximum absolute atomic E-state index is 12.5. The van der Waals surface area contributed by atoms with E-state index < -0.39 is 0 Å². The number of hydrogen-bond donors (Lipinski definition) is 1. The molecule has 0 bridgehead atoms. The van der Waals surface area contributed by atoms with Crippen LogP contribution < -0.4 is 10.2 Å². The van der Waals surface area contributed by atoms with Crippen molar-refractivity contribution in [1.29, 1.82) is 0 Å². The van der Waals surface area contributed by atoms with Crippen LogP contribution in [-0.2, 0) is 6.54 Å². The molecule has 3 aromatic rings. The molecule has 0 spiro atoms. The Hall–Kier alpha value is -3.08. The Morgan fingerprint density at radius 1 is 1.17 bits per heavy atom. The number of carbonyl (C=O) groups is 1. The summed E-state index contributed by atoms with van der Waals surface area (Å²) in [7, 11) is 1.74. The lowest BCUT2D eigenvalue weighted by Gasteiger charge is -2.17. The number of para-hydroxylation sites is 1. The Bertz CT molecular complexity index is 770. The highest BCUT2D eigenvalue weighted by molar-refractivity contribution is 6.04. The van der Waals surface area contributed by atoms with Crippen LogP contribution in [0.25, 0.3) is 0 Å². The number of aromatic nitrogens is 1. The summed E-state index contributed by atoms with van der Waals surface area (Å²) in [6, 6.07) is 16.8. The third kappa shape index (κ3) is 3.58. The highest BCUT2D eigenvalue weighted by Gasteiger charge is 2.15. The highest BCUT2D eigenvalue weighted by atomic mass is 16.3. The molecule has 116 valence electrons. The van der Waals surface area contributed by atoms with Gasteiger partial charge in [-0.15, -0.1) is 0 Å². The van der Waals surface area contributed by atoms with Crippen LogP contribution in [0.3, 0.4) is 0 Å². The van der Waals surface area contributed by atoms with Crippen LogP contribution in [0.5, 0.6) is 0 Å². The van der Waals surface area contributed by atoms with E-state index in [-0.39, 0.29) is 5.91 Å². The summed E-state index contributed by atoms with van der Waals surface area (Å²) in [6.45, 7) is 0.555. The number of nitrogens with one attached hydrogen (secondary N) is 1. The first-order valence-electron chi connectivity index (χ1n) is 7.29. The van der Waals surface area contributed by atoms with Gasteiger partial charge < -0.3 is 14.6 Å². The molecule has 1 aromatic carbocycles. The van der Waals surface area contributed by atoms with Gasteiger partial charge >= 0.3 is 0 Å². The largest absolute Gasteiger partial charge is 0.467 e. The number of benzene rings is 1. The van der Waals surface area contributed by atoms with E-state index >= 15 is 0 Å². The van der Waals surface area contributed by atoms with Crippen molar-refractivity contribution in [1.82, 2.24) is 4.98 Å². The second-order valence-electron chi connectivity index (χ2n) is 5.06. The molecular formula is C18H17N3O2. The van der Waals surface area contributed by atoms with Gasteiger partial charge in [0, 0.05) is 24.6 Å². The van der Waals surface area contributed by atoms with Crippen molar-refractivity contribution in [3.8, 4) is 0 Å². The molecular weight excluding hydrogens is 290 g/mol. The number of nitrogens with zero attached hydrogens (tertiary/aromatic N) is 2. The van der Waals surface area contributed by atoms with Crippen molar-refractivity contribution >= 4 is 17.3 Å². The average molecular weight is 307 g/mol. The van der Waals surface area contributed by atoms with Crippen LogP contribution in [0.2, 0.25) is 0 Å². The summed E-state index contributed by atoms with van der Waals surface area (Å²) < 4.78 is 5.28. The summed E-state index contributed by atoms with van der Waals surface area (Å²) in [5.41, 5.74) is 2.04. The first kappa shape index (κ1) is 14.8. The fourth-order valence-corrected chi connectivity index (χ4v) is 2.20. The fraction of sp³-hybridized carbons (Fsp3) is 0.111. The molecule has 0 aliphatic heterocycles. The minimum atomic E-state index is -0.155. The number of amides is 1. The van der Waals surface area contributed by atoms with Crippen LogP contribution in [0.15, 0.2) is 71.5 Å². The lowest BCUT2D eigenvalue weighted by Crippen LogP contribution is -2.27. The summed E-state index contributed by atoms with van der Waals surface area (Å²) >= 11 is 0. The Labute approximate surface area is 134 Å². The predicted octanol–water partition coefficient (Wildman–Crippen LogP) is 3.56. The zero-order chi connectivity index (χ0) is 16.1. The van der Waals surface area contributed by atoms with E-state index in [1.165, 1.54) is 0 Å². The van der Waals surface area contributed by atoms with Gasteiger partial charge in [0.15, 0.2) is 0 Å². The second kappa shape index (κ2) is 6.79. The lowest BCUT2D eigenvalue weighted by molar-refractivity contribution is 0.0988. The molecule has 0 aliphatic carbocycles. The molecule has 0 saturated carbocycles. The predicted molar refractivity (Wildman–Crippen MR) is 89.4 cm³/mol. The van der Waals surface area contributed by atoms with E-state index in [4.69, 9.17) is 4.42 Å². The van der Waals surface area contributed by atoms with Crippen LogP contribution in [-0.4, -0.2) is 17.9 Å². The van der Waals surface area contributed by atoms with Crippen molar-refractivity contribution in [3.63, 3.8) is 0 Å². The van der Waals surface area contributed by atoms with Gasteiger partial charge in [-0.2, -0.15) is 0 Å². The molecule has 0 radical (unpaired) electrons. The number of hydrogen-bond acceptors (Lipinski definition) is 4. The molecule has 5 nitrogen and oxygen atoms in total. The first-order chi connectivity index (χ1) is 11.2. The van der Waals surface area contributed by atoms with Crippen LogP contribution in [0.4, 0.5) is 11.4 Å². The van der Waals surface area contributed by atoms with Crippen molar-refractivity contribution < 1.29 is 9.21 Å². The third-order valence-electron chi connectivity index (χ3n) is 3.47. The molecule has 0 fully saturated rings. The van der Waals surface area contributed by atoms with Gasteiger partial charge in [-0.1, -0.05) is 18.2 Å². The second-order valence-corrected chi connectivity index (χ2v) is 5.06. The van der Waals surface area contributed by atoms with Crippen LogP contribution in [0.1, 0.15) is 16.2 Å². The quantitative estimate of drug-likeness (QED) is 0.783. The zero-order valence-corrected chi connectivity index (χ0v) is 12.8. The first-order valence-corrected chi connectivity index (χ1v) is 7.29. The van der Waals surface area contributed by atoms with Crippen molar-refractivity contribution in [3.05, 3.63) is 78.5 Å². The SMILES string of the molecule is CN(C(=O)c1cc(NCc2ccco2)ccn1)c1ccccc1. The number of furan rings is 1. The summed E-state index contributed by atoms with van der Waals surface area (Å²) in [5, 5.41) is 3.22. The van der Waals surface area contributed by atoms with E-state index in [0.717, 1.165) is 17.1 Å². The molecule has 23 heavy (non-hydrogen) atoms. The molecule has 3 rings (SSSR count). The van der Waals surface area contributed by atoms with Gasteiger partial charge in [0.05, 0.1) is 12.8 Å². The topological polar surface area (TPSA) is 58.4 Å². The summed E-state index contributed by atoms with van der Waals surface area (Å²) in [4.78, 5) is 18.3. The Balaban J connectivity index is 1.72. The van der Waals surface area contributed by atoms with Crippen LogP contribution in [0, 0.1) is 0 Å². The lowest BCUT2D eigenvalue weighted by atomic mass is 10.2. The van der Waals surface area contributed by atoms with E-state index in [1.54, 1.807) is 30.5 Å². The van der Waals surface area contributed by atoms with Crippen molar-refractivity contribution in [2.75, 3.05) is 17.3 Å². The highest BCUT2D eigenvalue weighted by Crippen LogP contribution is 2.16. The normalized spacial score (nSPS) is 10.3. The smallest absolute Gasteiger partial charge is 0.276 e. The van der Waals surface area contributed by atoms with E-state index in [9.17, 15) is 4.79 Å². The van der Waals surface area contributed by atoms with Gasteiger partial charge in [-0.3, -0.25) is 9.78 Å². The molecule has 2 aromatic heterocycles. The Kier molecular flexibility index (Phi) is 4.38. The van der Waals surface area contributed by atoms with Gasteiger partial charge in [-0.05, 0) is 36.4 Å². The number of pyridine rings is 1.